The average molecular weight is 277 g/mol. The molecule has 100 valence electrons. The van der Waals surface area contributed by atoms with Crippen molar-refractivity contribution in [3.05, 3.63) is 47.0 Å². The number of carbonyl (C=O) groups excluding carboxylic acids is 1. The van der Waals surface area contributed by atoms with Gasteiger partial charge >= 0.3 is 0 Å². The molecular formula is C13H15N3O2S. The summed E-state index contributed by atoms with van der Waals surface area (Å²) >= 11 is 5.19. The minimum Gasteiger partial charge on any atom is -0.394 e. The molecule has 19 heavy (non-hydrogen) atoms. The number of H-pyrrole nitrogens is 1. The number of carbonyl (C=O) groups is 1. The zero-order chi connectivity index (χ0) is 13.8. The number of benzene rings is 1. The second-order valence-corrected chi connectivity index (χ2v) is 4.59. The van der Waals surface area contributed by atoms with Crippen LogP contribution in [0, 0.1) is 4.77 Å². The van der Waals surface area contributed by atoms with Crippen LogP contribution < -0.4 is 5.32 Å². The third kappa shape index (κ3) is 2.91. The van der Waals surface area contributed by atoms with Gasteiger partial charge in [0.25, 0.3) is 5.91 Å². The van der Waals surface area contributed by atoms with E-state index in [1.165, 1.54) is 0 Å². The maximum atomic E-state index is 12.1. The second-order valence-electron chi connectivity index (χ2n) is 4.21. The Morgan fingerprint density at radius 1 is 1.47 bits per heavy atom. The summed E-state index contributed by atoms with van der Waals surface area (Å²) in [5.41, 5.74) is 1.23. The third-order valence-corrected chi connectivity index (χ3v) is 2.98. The summed E-state index contributed by atoms with van der Waals surface area (Å²) in [6.45, 7) is 1.62. The number of imidazole rings is 1. The minimum atomic E-state index is -0.305. The zero-order valence-corrected chi connectivity index (χ0v) is 11.3. The van der Waals surface area contributed by atoms with E-state index in [0.717, 1.165) is 5.69 Å². The molecule has 0 aliphatic rings. The van der Waals surface area contributed by atoms with Crippen LogP contribution in [0.15, 0.2) is 36.5 Å². The number of aliphatic hydroxyl groups excluding tert-OH is 1. The maximum absolute atomic E-state index is 12.1. The van der Waals surface area contributed by atoms with Crippen LogP contribution >= 0.6 is 12.2 Å². The van der Waals surface area contributed by atoms with E-state index in [0.29, 0.717) is 10.5 Å². The van der Waals surface area contributed by atoms with Crippen LogP contribution in [0.5, 0.6) is 0 Å². The Labute approximate surface area is 115 Å². The first-order chi connectivity index (χ1) is 9.13. The number of aliphatic hydroxyl groups is 1. The van der Waals surface area contributed by atoms with Gasteiger partial charge in [-0.2, -0.15) is 0 Å². The number of aromatic amines is 1. The minimum absolute atomic E-state index is 0.109. The van der Waals surface area contributed by atoms with E-state index in [1.54, 1.807) is 17.7 Å². The van der Waals surface area contributed by atoms with Gasteiger partial charge in [0.05, 0.1) is 6.61 Å². The van der Waals surface area contributed by atoms with Gasteiger partial charge in [0.2, 0.25) is 0 Å². The second kappa shape index (κ2) is 5.81. The molecule has 0 fully saturated rings. The summed E-state index contributed by atoms with van der Waals surface area (Å²) in [6.07, 6.45) is 1.56. The molecule has 0 aliphatic carbocycles. The number of nitrogens with one attached hydrogen (secondary N) is 2. The molecule has 1 aromatic carbocycles. The molecule has 1 amide bonds. The molecule has 0 aliphatic heterocycles. The number of hydrogen-bond donors (Lipinski definition) is 3. The molecule has 5 nitrogen and oxygen atoms in total. The molecule has 0 saturated carbocycles. The number of nitrogens with zero attached hydrogens (tertiary/aromatic N) is 1. The molecular weight excluding hydrogens is 262 g/mol. The van der Waals surface area contributed by atoms with Crippen molar-refractivity contribution in [2.45, 2.75) is 13.0 Å². The van der Waals surface area contributed by atoms with Crippen molar-refractivity contribution >= 4 is 18.1 Å². The Hall–Kier alpha value is -1.92. The van der Waals surface area contributed by atoms with E-state index < -0.39 is 0 Å². The Balaban J connectivity index is 2.39. The van der Waals surface area contributed by atoms with Crippen LogP contribution in [0.4, 0.5) is 0 Å². The van der Waals surface area contributed by atoms with Crippen LogP contribution in [0.1, 0.15) is 17.4 Å². The molecule has 6 heteroatoms. The van der Waals surface area contributed by atoms with Crippen molar-refractivity contribution in [1.82, 2.24) is 14.9 Å². The maximum Gasteiger partial charge on any atom is 0.270 e. The summed E-state index contributed by atoms with van der Waals surface area (Å²) in [5.74, 6) is -0.280. The molecule has 0 bridgehead atoms. The van der Waals surface area contributed by atoms with Crippen LogP contribution in [0.25, 0.3) is 5.69 Å². The van der Waals surface area contributed by atoms with Crippen molar-refractivity contribution in [3.8, 4) is 5.69 Å². The Morgan fingerprint density at radius 2 is 2.16 bits per heavy atom. The first-order valence-electron chi connectivity index (χ1n) is 5.91. The van der Waals surface area contributed by atoms with Gasteiger partial charge in [0, 0.05) is 17.9 Å². The molecule has 1 heterocycles. The lowest BCUT2D eigenvalue weighted by molar-refractivity contribution is 0.0915. The molecule has 1 unspecified atom stereocenters. The molecule has 2 rings (SSSR count). The van der Waals surface area contributed by atoms with E-state index in [9.17, 15) is 4.79 Å². The van der Waals surface area contributed by atoms with Crippen molar-refractivity contribution in [2.75, 3.05) is 6.61 Å². The van der Waals surface area contributed by atoms with Gasteiger partial charge in [-0.25, -0.2) is 0 Å². The van der Waals surface area contributed by atoms with E-state index in [4.69, 9.17) is 17.3 Å². The number of hydrogen-bond acceptors (Lipinski definition) is 3. The fourth-order valence-corrected chi connectivity index (χ4v) is 1.98. The van der Waals surface area contributed by atoms with Crippen LogP contribution in [-0.4, -0.2) is 33.2 Å². The standard InChI is InChI=1S/C13H15N3O2S/c1-9(8-17)15-12(18)11-7-14-13(19)16(11)10-5-3-2-4-6-10/h2-7,9,17H,8H2,1H3,(H,14,19)(H,15,18). The number of amides is 1. The lowest BCUT2D eigenvalue weighted by Crippen LogP contribution is -2.36. The van der Waals surface area contributed by atoms with Crippen LogP contribution in [-0.2, 0) is 0 Å². The SMILES string of the molecule is CC(CO)NC(=O)c1c[nH]c(=S)n1-c1ccccc1. The fraction of sp³-hybridized carbons (Fsp3) is 0.231. The van der Waals surface area contributed by atoms with Gasteiger partial charge in [-0.1, -0.05) is 18.2 Å². The number of aromatic nitrogens is 2. The molecule has 0 saturated heterocycles. The first kappa shape index (κ1) is 13.5. The quantitative estimate of drug-likeness (QED) is 0.744. The van der Waals surface area contributed by atoms with Gasteiger partial charge < -0.3 is 15.4 Å². The average Bonchev–Trinajstić information content (AvgIpc) is 2.81. The highest BCUT2D eigenvalue weighted by atomic mass is 32.1. The number of para-hydroxylation sites is 1. The van der Waals surface area contributed by atoms with Gasteiger partial charge in [-0.15, -0.1) is 0 Å². The highest BCUT2D eigenvalue weighted by molar-refractivity contribution is 7.71. The summed E-state index contributed by atoms with van der Waals surface area (Å²) in [7, 11) is 0. The largest absolute Gasteiger partial charge is 0.394 e. The van der Waals surface area contributed by atoms with E-state index in [-0.39, 0.29) is 18.6 Å². The normalized spacial score (nSPS) is 12.1. The predicted molar refractivity (Wildman–Crippen MR) is 75.0 cm³/mol. The molecule has 0 spiro atoms. The number of rotatable bonds is 4. The molecule has 3 N–H and O–H groups in total. The Kier molecular flexibility index (Phi) is 4.13. The van der Waals surface area contributed by atoms with E-state index in [2.05, 4.69) is 10.3 Å². The lowest BCUT2D eigenvalue weighted by atomic mass is 10.3. The highest BCUT2D eigenvalue weighted by Gasteiger charge is 2.15. The van der Waals surface area contributed by atoms with E-state index >= 15 is 0 Å². The molecule has 1 aromatic heterocycles. The Morgan fingerprint density at radius 3 is 2.79 bits per heavy atom. The van der Waals surface area contributed by atoms with E-state index in [1.807, 2.05) is 30.3 Å². The van der Waals surface area contributed by atoms with Crippen molar-refractivity contribution in [1.29, 1.82) is 0 Å². The monoisotopic (exact) mass is 277 g/mol. The summed E-state index contributed by atoms with van der Waals surface area (Å²) in [4.78, 5) is 15.0. The van der Waals surface area contributed by atoms with Crippen molar-refractivity contribution in [3.63, 3.8) is 0 Å². The van der Waals surface area contributed by atoms with Gasteiger partial charge in [-0.3, -0.25) is 9.36 Å². The lowest BCUT2D eigenvalue weighted by Gasteiger charge is -2.12. The highest BCUT2D eigenvalue weighted by Crippen LogP contribution is 2.12. The molecule has 1 atom stereocenters. The van der Waals surface area contributed by atoms with Gasteiger partial charge in [-0.05, 0) is 31.3 Å². The zero-order valence-electron chi connectivity index (χ0n) is 10.5. The Bertz CT molecular complexity index is 618. The molecule has 2 aromatic rings. The smallest absolute Gasteiger partial charge is 0.270 e. The summed E-state index contributed by atoms with van der Waals surface area (Å²) < 4.78 is 2.11. The van der Waals surface area contributed by atoms with Crippen LogP contribution in [0.2, 0.25) is 0 Å². The van der Waals surface area contributed by atoms with Crippen molar-refractivity contribution < 1.29 is 9.90 Å². The topological polar surface area (TPSA) is 70.1 Å². The summed E-state index contributed by atoms with van der Waals surface area (Å²) in [5, 5.41) is 11.7. The fourth-order valence-electron chi connectivity index (χ4n) is 1.71. The van der Waals surface area contributed by atoms with Crippen molar-refractivity contribution in [2.24, 2.45) is 0 Å². The molecule has 0 radical (unpaired) electrons. The van der Waals surface area contributed by atoms with Gasteiger partial charge in [0.15, 0.2) is 4.77 Å². The predicted octanol–water partition coefficient (Wildman–Crippen LogP) is 1.65. The summed E-state index contributed by atoms with van der Waals surface area (Å²) in [6, 6.07) is 9.09. The van der Waals surface area contributed by atoms with Crippen LogP contribution in [0.3, 0.4) is 0 Å². The third-order valence-electron chi connectivity index (χ3n) is 2.67. The van der Waals surface area contributed by atoms with Gasteiger partial charge in [0.1, 0.15) is 5.69 Å². The first-order valence-corrected chi connectivity index (χ1v) is 6.32.